The Morgan fingerprint density at radius 1 is 1.23 bits per heavy atom. The van der Waals surface area contributed by atoms with Crippen LogP contribution in [-0.2, 0) is 14.8 Å². The molecule has 2 amide bonds. The molecule has 0 aliphatic carbocycles. The van der Waals surface area contributed by atoms with Gasteiger partial charge in [-0.05, 0) is 25.1 Å². The number of piperazine rings is 1. The lowest BCUT2D eigenvalue weighted by Gasteiger charge is -2.33. The number of nitrogens with zero attached hydrogens (tertiary/aromatic N) is 2. The summed E-state index contributed by atoms with van der Waals surface area (Å²) in [5.41, 5.74) is 0.130. The average molecular weight is 387 g/mol. The van der Waals surface area contributed by atoms with E-state index in [1.54, 1.807) is 6.92 Å². The number of hydrogen-bond acceptors (Lipinski definition) is 5. The molecule has 1 aromatic rings. The van der Waals surface area contributed by atoms with Gasteiger partial charge in [-0.25, -0.2) is 17.6 Å². The highest BCUT2D eigenvalue weighted by atomic mass is 32.2. The Kier molecular flexibility index (Phi) is 6.92. The smallest absolute Gasteiger partial charge is 0.409 e. The Morgan fingerprint density at radius 2 is 1.92 bits per heavy atom. The van der Waals surface area contributed by atoms with Crippen molar-refractivity contribution in [2.45, 2.75) is 6.92 Å². The minimum Gasteiger partial charge on any atom is -0.450 e. The number of hydrogen-bond donors (Lipinski definition) is 1. The Labute approximate surface area is 152 Å². The lowest BCUT2D eigenvalue weighted by atomic mass is 10.2. The van der Waals surface area contributed by atoms with Crippen molar-refractivity contribution in [2.24, 2.45) is 0 Å². The van der Waals surface area contributed by atoms with Gasteiger partial charge in [0.1, 0.15) is 5.82 Å². The summed E-state index contributed by atoms with van der Waals surface area (Å²) in [6.07, 6.45) is -0.452. The normalized spacial score (nSPS) is 15.5. The van der Waals surface area contributed by atoms with Crippen LogP contribution in [0.1, 0.15) is 17.3 Å². The van der Waals surface area contributed by atoms with Gasteiger partial charge in [-0.1, -0.05) is 6.07 Å². The highest BCUT2D eigenvalue weighted by Gasteiger charge is 2.29. The quantitative estimate of drug-likeness (QED) is 0.774. The standard InChI is InChI=1S/C16H22FN3O5S/c1-2-25-16(22)19-7-9-20(10-8-19)26(23,24)11-6-18-15(21)13-4-3-5-14(17)12-13/h3-5,12H,2,6-11H2,1H3,(H,18,21). The third kappa shape index (κ3) is 5.40. The number of carbonyl (C=O) groups excluding carboxylic acids is 2. The number of nitrogens with one attached hydrogen (secondary N) is 1. The lowest BCUT2D eigenvalue weighted by Crippen LogP contribution is -2.51. The summed E-state index contributed by atoms with van der Waals surface area (Å²) >= 11 is 0. The summed E-state index contributed by atoms with van der Waals surface area (Å²) in [5.74, 6) is -1.34. The Balaban J connectivity index is 1.80. The molecule has 10 heteroatoms. The van der Waals surface area contributed by atoms with Crippen LogP contribution >= 0.6 is 0 Å². The van der Waals surface area contributed by atoms with Gasteiger partial charge in [0.25, 0.3) is 5.91 Å². The highest BCUT2D eigenvalue weighted by Crippen LogP contribution is 2.09. The van der Waals surface area contributed by atoms with Crippen LogP contribution in [0, 0.1) is 5.82 Å². The second-order valence-electron chi connectivity index (χ2n) is 5.67. The van der Waals surface area contributed by atoms with Crippen LogP contribution in [0.2, 0.25) is 0 Å². The summed E-state index contributed by atoms with van der Waals surface area (Å²) < 4.78 is 44.0. The zero-order valence-electron chi connectivity index (χ0n) is 14.5. The monoisotopic (exact) mass is 387 g/mol. The summed E-state index contributed by atoms with van der Waals surface area (Å²) in [7, 11) is -3.57. The largest absolute Gasteiger partial charge is 0.450 e. The number of carbonyl (C=O) groups is 2. The molecule has 0 unspecified atom stereocenters. The molecular formula is C16H22FN3O5S. The van der Waals surface area contributed by atoms with Gasteiger partial charge in [0.2, 0.25) is 10.0 Å². The Morgan fingerprint density at radius 3 is 2.54 bits per heavy atom. The van der Waals surface area contributed by atoms with E-state index in [0.29, 0.717) is 0 Å². The number of amides is 2. The van der Waals surface area contributed by atoms with E-state index in [0.717, 1.165) is 6.07 Å². The first kappa shape index (κ1) is 20.1. The molecule has 0 saturated carbocycles. The van der Waals surface area contributed by atoms with Crippen molar-refractivity contribution in [3.8, 4) is 0 Å². The van der Waals surface area contributed by atoms with Crippen molar-refractivity contribution in [1.29, 1.82) is 0 Å². The number of halogens is 1. The molecule has 2 rings (SSSR count). The highest BCUT2D eigenvalue weighted by molar-refractivity contribution is 7.89. The minimum absolute atomic E-state index is 0.0875. The first-order chi connectivity index (χ1) is 12.3. The van der Waals surface area contributed by atoms with E-state index in [1.807, 2.05) is 0 Å². The van der Waals surface area contributed by atoms with Gasteiger partial charge < -0.3 is 15.0 Å². The molecule has 1 saturated heterocycles. The van der Waals surface area contributed by atoms with Crippen molar-refractivity contribution in [2.75, 3.05) is 45.1 Å². The van der Waals surface area contributed by atoms with Gasteiger partial charge in [-0.3, -0.25) is 4.79 Å². The van der Waals surface area contributed by atoms with E-state index in [1.165, 1.54) is 27.4 Å². The first-order valence-corrected chi connectivity index (χ1v) is 9.87. The summed E-state index contributed by atoms with van der Waals surface area (Å²) in [6, 6.07) is 5.15. The molecular weight excluding hydrogens is 365 g/mol. The third-order valence-electron chi connectivity index (χ3n) is 3.89. The van der Waals surface area contributed by atoms with Crippen LogP contribution < -0.4 is 5.32 Å². The van der Waals surface area contributed by atoms with Gasteiger partial charge in [0, 0.05) is 38.3 Å². The molecule has 8 nitrogen and oxygen atoms in total. The maximum Gasteiger partial charge on any atom is 0.409 e. The predicted octanol–water partition coefficient (Wildman–Crippen LogP) is 0.659. The molecule has 1 N–H and O–H groups in total. The number of sulfonamides is 1. The van der Waals surface area contributed by atoms with Crippen LogP contribution in [0.5, 0.6) is 0 Å². The van der Waals surface area contributed by atoms with E-state index in [4.69, 9.17) is 4.74 Å². The van der Waals surface area contributed by atoms with Crippen molar-refractivity contribution >= 4 is 22.0 Å². The second-order valence-corrected chi connectivity index (χ2v) is 7.76. The number of rotatable bonds is 6. The summed E-state index contributed by atoms with van der Waals surface area (Å²) in [4.78, 5) is 25.0. The molecule has 0 aromatic heterocycles. The van der Waals surface area contributed by atoms with Crippen LogP contribution in [0.4, 0.5) is 9.18 Å². The fourth-order valence-corrected chi connectivity index (χ4v) is 3.86. The second kappa shape index (κ2) is 8.95. The molecule has 26 heavy (non-hydrogen) atoms. The van der Waals surface area contributed by atoms with E-state index in [-0.39, 0.29) is 50.6 Å². The van der Waals surface area contributed by atoms with E-state index >= 15 is 0 Å². The Hall–Kier alpha value is -2.20. The summed E-state index contributed by atoms with van der Waals surface area (Å²) in [6.45, 7) is 2.76. The summed E-state index contributed by atoms with van der Waals surface area (Å²) in [5, 5.41) is 2.47. The van der Waals surface area contributed by atoms with E-state index in [9.17, 15) is 22.4 Å². The topological polar surface area (TPSA) is 96.0 Å². The molecule has 0 radical (unpaired) electrons. The molecule has 1 heterocycles. The SMILES string of the molecule is CCOC(=O)N1CCN(S(=O)(=O)CCNC(=O)c2cccc(F)c2)CC1. The minimum atomic E-state index is -3.57. The van der Waals surface area contributed by atoms with Gasteiger partial charge in [-0.15, -0.1) is 0 Å². The van der Waals surface area contributed by atoms with Crippen molar-refractivity contribution < 1.29 is 27.1 Å². The fourth-order valence-electron chi connectivity index (χ4n) is 2.52. The zero-order chi connectivity index (χ0) is 19.2. The van der Waals surface area contributed by atoms with Crippen LogP contribution in [0.25, 0.3) is 0 Å². The van der Waals surface area contributed by atoms with Crippen molar-refractivity contribution in [3.63, 3.8) is 0 Å². The number of ether oxygens (including phenoxy) is 1. The maximum absolute atomic E-state index is 13.1. The first-order valence-electron chi connectivity index (χ1n) is 8.27. The zero-order valence-corrected chi connectivity index (χ0v) is 15.3. The molecule has 1 aromatic carbocycles. The van der Waals surface area contributed by atoms with Gasteiger partial charge in [-0.2, -0.15) is 4.31 Å². The molecule has 0 bridgehead atoms. The van der Waals surface area contributed by atoms with Crippen molar-refractivity contribution in [3.05, 3.63) is 35.6 Å². The average Bonchev–Trinajstić information content (AvgIpc) is 2.62. The molecule has 1 aliphatic rings. The molecule has 144 valence electrons. The fraction of sp³-hybridized carbons (Fsp3) is 0.500. The van der Waals surface area contributed by atoms with E-state index < -0.39 is 27.8 Å². The van der Waals surface area contributed by atoms with Crippen molar-refractivity contribution in [1.82, 2.24) is 14.5 Å². The molecule has 1 aliphatic heterocycles. The van der Waals surface area contributed by atoms with Gasteiger partial charge >= 0.3 is 6.09 Å². The van der Waals surface area contributed by atoms with Crippen LogP contribution in [0.3, 0.4) is 0 Å². The third-order valence-corrected chi connectivity index (χ3v) is 5.76. The van der Waals surface area contributed by atoms with Gasteiger partial charge in [0.15, 0.2) is 0 Å². The maximum atomic E-state index is 13.1. The van der Waals surface area contributed by atoms with E-state index in [2.05, 4.69) is 5.32 Å². The van der Waals surface area contributed by atoms with Gasteiger partial charge in [0.05, 0.1) is 12.4 Å². The lowest BCUT2D eigenvalue weighted by molar-refractivity contribution is 0.0928. The Bertz CT molecular complexity index is 748. The molecule has 0 atom stereocenters. The molecule has 0 spiro atoms. The molecule has 1 fully saturated rings. The number of benzene rings is 1. The predicted molar refractivity (Wildman–Crippen MR) is 92.7 cm³/mol. The van der Waals surface area contributed by atoms with Crippen LogP contribution in [0.15, 0.2) is 24.3 Å². The van der Waals surface area contributed by atoms with Crippen LogP contribution in [-0.4, -0.2) is 74.7 Å².